The molecule has 0 saturated carbocycles. The van der Waals surface area contributed by atoms with Crippen molar-refractivity contribution in [2.24, 2.45) is 0 Å². The van der Waals surface area contributed by atoms with Crippen LogP contribution in [0.1, 0.15) is 11.3 Å². The molecule has 0 amide bonds. The highest BCUT2D eigenvalue weighted by Gasteiger charge is 2.29. The average Bonchev–Trinajstić information content (AvgIpc) is 2.97. The second-order valence-electron chi connectivity index (χ2n) is 7.21. The molecule has 4 rings (SSSR count). The maximum atomic E-state index is 13.2. The Balaban J connectivity index is 1.65. The number of aromatic hydroxyl groups is 1. The van der Waals surface area contributed by atoms with Gasteiger partial charge in [0.1, 0.15) is 5.82 Å². The van der Waals surface area contributed by atoms with Crippen LogP contribution in [0.4, 0.5) is 17.6 Å². The molecule has 0 aliphatic heterocycles. The third-order valence-electron chi connectivity index (χ3n) is 5.00. The van der Waals surface area contributed by atoms with Crippen molar-refractivity contribution in [1.29, 1.82) is 0 Å². The van der Waals surface area contributed by atoms with E-state index in [0.29, 0.717) is 17.0 Å². The predicted molar refractivity (Wildman–Crippen MR) is 117 cm³/mol. The molecule has 0 unspecified atom stereocenters. The lowest BCUT2D eigenvalue weighted by Gasteiger charge is -2.07. The number of hydrogen-bond donors (Lipinski definition) is 1. The zero-order valence-corrected chi connectivity index (χ0v) is 18.0. The summed E-state index contributed by atoms with van der Waals surface area (Å²) in [5, 5.41) is 10.6. The van der Waals surface area contributed by atoms with Gasteiger partial charge in [-0.1, -0.05) is 0 Å². The lowest BCUT2D eigenvalue weighted by atomic mass is 10.1. The van der Waals surface area contributed by atoms with Gasteiger partial charge < -0.3 is 5.11 Å². The number of halogens is 4. The lowest BCUT2D eigenvalue weighted by molar-refractivity contribution is -0.0328. The molecule has 0 spiro atoms. The zero-order valence-electron chi connectivity index (χ0n) is 17.2. The van der Waals surface area contributed by atoms with E-state index in [2.05, 4.69) is 4.98 Å². The van der Waals surface area contributed by atoms with E-state index in [-0.39, 0.29) is 40.6 Å². The molecular formula is C23H17F4N3O2S. The summed E-state index contributed by atoms with van der Waals surface area (Å²) < 4.78 is 53.3. The molecule has 0 radical (unpaired) electrons. The van der Waals surface area contributed by atoms with Crippen molar-refractivity contribution in [1.82, 2.24) is 14.1 Å². The maximum absolute atomic E-state index is 13.2. The van der Waals surface area contributed by atoms with Gasteiger partial charge in [-0.15, -0.1) is 0 Å². The zero-order chi connectivity index (χ0) is 23.8. The quantitative estimate of drug-likeness (QED) is 0.305. The van der Waals surface area contributed by atoms with E-state index >= 15 is 0 Å². The molecule has 0 aliphatic carbocycles. The molecular weight excluding hydrogens is 458 g/mol. The fourth-order valence-corrected chi connectivity index (χ4v) is 3.93. The van der Waals surface area contributed by atoms with Gasteiger partial charge >= 0.3 is 11.2 Å². The molecule has 1 N–H and O–H groups in total. The Hall–Kier alpha value is -3.53. The molecule has 0 bridgehead atoms. The number of pyridine rings is 1. The van der Waals surface area contributed by atoms with Gasteiger partial charge in [0.15, 0.2) is 0 Å². The first kappa shape index (κ1) is 22.7. The molecule has 170 valence electrons. The van der Waals surface area contributed by atoms with Crippen LogP contribution in [0.5, 0.6) is 5.88 Å². The molecule has 5 nitrogen and oxygen atoms in total. The van der Waals surface area contributed by atoms with E-state index < -0.39 is 11.2 Å². The number of alkyl halides is 3. The maximum Gasteiger partial charge on any atom is 0.446 e. The number of thioether (sulfide) groups is 1. The first-order valence-electron chi connectivity index (χ1n) is 9.70. The molecule has 4 aromatic rings. The van der Waals surface area contributed by atoms with Gasteiger partial charge in [0.05, 0.1) is 23.6 Å². The van der Waals surface area contributed by atoms with Crippen molar-refractivity contribution in [2.75, 3.05) is 0 Å². The standard InChI is InChI=1S/C23H17F4N3O2S/c1-14-21(31)30(18-6-8-19(9-7-18)33-23(25,26)27)22(32)29(14)13-15-10-11-28-20(12-15)16-2-4-17(24)5-3-16/h2-12,31H,13H2,1H3. The van der Waals surface area contributed by atoms with Crippen molar-refractivity contribution < 1.29 is 22.7 Å². The smallest absolute Gasteiger partial charge is 0.446 e. The van der Waals surface area contributed by atoms with E-state index in [9.17, 15) is 27.5 Å². The molecule has 0 saturated heterocycles. The van der Waals surface area contributed by atoms with Crippen LogP contribution in [-0.2, 0) is 6.54 Å². The van der Waals surface area contributed by atoms with Crippen LogP contribution >= 0.6 is 11.8 Å². The molecule has 2 aromatic heterocycles. The Morgan fingerprint density at radius 3 is 2.33 bits per heavy atom. The molecule has 2 aromatic carbocycles. The van der Waals surface area contributed by atoms with Crippen LogP contribution in [0.2, 0.25) is 0 Å². The number of hydrogen-bond acceptors (Lipinski definition) is 4. The summed E-state index contributed by atoms with van der Waals surface area (Å²) in [6, 6.07) is 14.5. The molecule has 0 atom stereocenters. The molecule has 10 heteroatoms. The monoisotopic (exact) mass is 475 g/mol. The molecule has 2 heterocycles. The second kappa shape index (κ2) is 8.78. The van der Waals surface area contributed by atoms with Crippen molar-refractivity contribution in [3.8, 4) is 22.8 Å². The summed E-state index contributed by atoms with van der Waals surface area (Å²) in [4.78, 5) is 17.3. The van der Waals surface area contributed by atoms with Gasteiger partial charge in [-0.3, -0.25) is 9.55 Å². The Kier molecular flexibility index (Phi) is 6.03. The first-order valence-corrected chi connectivity index (χ1v) is 10.5. The Morgan fingerprint density at radius 2 is 1.70 bits per heavy atom. The third kappa shape index (κ3) is 4.95. The fourth-order valence-electron chi connectivity index (χ4n) is 3.39. The Bertz CT molecular complexity index is 1340. The summed E-state index contributed by atoms with van der Waals surface area (Å²) in [7, 11) is 0. The molecule has 33 heavy (non-hydrogen) atoms. The van der Waals surface area contributed by atoms with E-state index in [1.54, 1.807) is 37.4 Å². The van der Waals surface area contributed by atoms with Gasteiger partial charge in [0.25, 0.3) is 0 Å². The van der Waals surface area contributed by atoms with Crippen molar-refractivity contribution in [2.45, 2.75) is 23.9 Å². The topological polar surface area (TPSA) is 60.1 Å². The van der Waals surface area contributed by atoms with Gasteiger partial charge in [-0.05, 0) is 84.9 Å². The molecule has 0 aliphatic rings. The number of rotatable bonds is 5. The second-order valence-corrected chi connectivity index (χ2v) is 8.35. The van der Waals surface area contributed by atoms with Crippen molar-refractivity contribution >= 4 is 11.8 Å². The summed E-state index contributed by atoms with van der Waals surface area (Å²) in [6.45, 7) is 1.70. The SMILES string of the molecule is Cc1c(O)n(-c2ccc(SC(F)(F)F)cc2)c(=O)n1Cc1ccnc(-c2ccc(F)cc2)c1. The Labute approximate surface area is 190 Å². The minimum absolute atomic E-state index is 0.0277. The largest absolute Gasteiger partial charge is 0.493 e. The predicted octanol–water partition coefficient (Wildman–Crippen LogP) is 5.51. The van der Waals surface area contributed by atoms with E-state index in [1.165, 1.54) is 41.0 Å². The number of benzene rings is 2. The summed E-state index contributed by atoms with van der Waals surface area (Å²) in [5.74, 6) is -0.664. The summed E-state index contributed by atoms with van der Waals surface area (Å²) in [5.41, 5.74) is -2.39. The van der Waals surface area contributed by atoms with Crippen LogP contribution in [0, 0.1) is 12.7 Å². The third-order valence-corrected chi connectivity index (χ3v) is 5.74. The van der Waals surface area contributed by atoms with Crippen LogP contribution in [-0.4, -0.2) is 24.7 Å². The number of imidazole rings is 1. The number of nitrogens with zero attached hydrogens (tertiary/aromatic N) is 3. The minimum atomic E-state index is -4.42. The van der Waals surface area contributed by atoms with Crippen LogP contribution in [0.25, 0.3) is 16.9 Å². The van der Waals surface area contributed by atoms with Gasteiger partial charge in [0, 0.05) is 16.7 Å². The van der Waals surface area contributed by atoms with Gasteiger partial charge in [-0.2, -0.15) is 13.2 Å². The normalized spacial score (nSPS) is 11.7. The van der Waals surface area contributed by atoms with Gasteiger partial charge in [-0.25, -0.2) is 13.8 Å². The number of aromatic nitrogens is 3. The average molecular weight is 475 g/mol. The van der Waals surface area contributed by atoms with E-state index in [1.807, 2.05) is 0 Å². The highest BCUT2D eigenvalue weighted by Crippen LogP contribution is 2.37. The van der Waals surface area contributed by atoms with Crippen LogP contribution < -0.4 is 5.69 Å². The lowest BCUT2D eigenvalue weighted by Crippen LogP contribution is -2.24. The summed E-state index contributed by atoms with van der Waals surface area (Å²) >= 11 is -0.258. The van der Waals surface area contributed by atoms with E-state index in [4.69, 9.17) is 0 Å². The van der Waals surface area contributed by atoms with Crippen LogP contribution in [0.15, 0.2) is 76.6 Å². The van der Waals surface area contributed by atoms with E-state index in [0.717, 1.165) is 10.1 Å². The highest BCUT2D eigenvalue weighted by atomic mass is 32.2. The highest BCUT2D eigenvalue weighted by molar-refractivity contribution is 8.00. The van der Waals surface area contributed by atoms with Crippen molar-refractivity contribution in [3.63, 3.8) is 0 Å². The first-order chi connectivity index (χ1) is 15.6. The summed E-state index contributed by atoms with van der Waals surface area (Å²) in [6.07, 6.45) is 1.57. The van der Waals surface area contributed by atoms with Crippen molar-refractivity contribution in [3.05, 3.63) is 94.4 Å². The van der Waals surface area contributed by atoms with Gasteiger partial charge in [0.2, 0.25) is 5.88 Å². The minimum Gasteiger partial charge on any atom is -0.493 e. The van der Waals surface area contributed by atoms with Crippen LogP contribution in [0.3, 0.4) is 0 Å². The fraction of sp³-hybridized carbons (Fsp3) is 0.130. The Morgan fingerprint density at radius 1 is 1.03 bits per heavy atom. The molecule has 0 fully saturated rings.